The molecule has 0 unspecified atom stereocenters. The standard InChI is InChI=1S/C16H19FN2O3S/c17-10-2-1-3-11(6-10)22-14-5-4-13(15(20)16(14)21)19-8-12-7-18-9-23-12/h1-3,6-7,9,13-16,19-21H,4-5,8H2/t13-,14-,15-,16-/m1/s1. The van der Waals surface area contributed by atoms with Gasteiger partial charge >= 0.3 is 0 Å². The number of nitrogens with zero attached hydrogens (tertiary/aromatic N) is 1. The topological polar surface area (TPSA) is 74.6 Å². The fraction of sp³-hybridized carbons (Fsp3) is 0.438. The molecule has 0 amide bonds. The number of halogens is 1. The highest BCUT2D eigenvalue weighted by molar-refractivity contribution is 7.09. The van der Waals surface area contributed by atoms with Crippen LogP contribution in [0.3, 0.4) is 0 Å². The summed E-state index contributed by atoms with van der Waals surface area (Å²) in [5.74, 6) is -0.0326. The van der Waals surface area contributed by atoms with Crippen LogP contribution in [0.2, 0.25) is 0 Å². The first-order valence-corrected chi connectivity index (χ1v) is 8.40. The first kappa shape index (κ1) is 16.3. The number of rotatable bonds is 5. The third kappa shape index (κ3) is 4.06. The number of aromatic nitrogens is 1. The van der Waals surface area contributed by atoms with Crippen molar-refractivity contribution < 1.29 is 19.3 Å². The molecule has 0 spiro atoms. The van der Waals surface area contributed by atoms with Crippen molar-refractivity contribution in [3.8, 4) is 5.75 Å². The summed E-state index contributed by atoms with van der Waals surface area (Å²) in [4.78, 5) is 5.08. The van der Waals surface area contributed by atoms with Crippen LogP contribution in [0.15, 0.2) is 36.0 Å². The van der Waals surface area contributed by atoms with Gasteiger partial charge in [0, 0.05) is 29.7 Å². The van der Waals surface area contributed by atoms with E-state index in [9.17, 15) is 14.6 Å². The summed E-state index contributed by atoms with van der Waals surface area (Å²) in [6.07, 6.45) is 0.514. The molecule has 23 heavy (non-hydrogen) atoms. The Morgan fingerprint density at radius 2 is 2.17 bits per heavy atom. The van der Waals surface area contributed by atoms with E-state index >= 15 is 0 Å². The van der Waals surface area contributed by atoms with Crippen LogP contribution < -0.4 is 10.1 Å². The molecule has 124 valence electrons. The number of hydrogen-bond donors (Lipinski definition) is 3. The molecule has 3 N–H and O–H groups in total. The van der Waals surface area contributed by atoms with Crippen LogP contribution in [0.4, 0.5) is 4.39 Å². The van der Waals surface area contributed by atoms with Crippen molar-refractivity contribution in [3.63, 3.8) is 0 Å². The smallest absolute Gasteiger partial charge is 0.127 e. The van der Waals surface area contributed by atoms with Gasteiger partial charge in [-0.15, -0.1) is 11.3 Å². The molecular formula is C16H19FN2O3S. The molecule has 7 heteroatoms. The molecule has 1 aliphatic rings. The van der Waals surface area contributed by atoms with Gasteiger partial charge in [-0.3, -0.25) is 4.98 Å². The maximum Gasteiger partial charge on any atom is 0.127 e. The maximum absolute atomic E-state index is 13.2. The van der Waals surface area contributed by atoms with E-state index in [1.807, 2.05) is 0 Å². The van der Waals surface area contributed by atoms with Crippen molar-refractivity contribution in [2.24, 2.45) is 0 Å². The van der Waals surface area contributed by atoms with Crippen LogP contribution in [0.5, 0.6) is 5.75 Å². The SMILES string of the molecule is O[C@H]1[C@H](O)[C@H](Oc2cccc(F)c2)CC[C@H]1NCc1cncs1. The molecule has 5 nitrogen and oxygen atoms in total. The predicted octanol–water partition coefficient (Wildman–Crippen LogP) is 1.70. The van der Waals surface area contributed by atoms with Crippen molar-refractivity contribution in [3.05, 3.63) is 46.7 Å². The average molecular weight is 338 g/mol. The van der Waals surface area contributed by atoms with E-state index in [-0.39, 0.29) is 6.04 Å². The second kappa shape index (κ2) is 7.35. The summed E-state index contributed by atoms with van der Waals surface area (Å²) in [6.45, 7) is 0.606. The molecule has 4 atom stereocenters. The Balaban J connectivity index is 1.56. The molecule has 2 aromatic rings. The van der Waals surface area contributed by atoms with Crippen LogP contribution in [0.25, 0.3) is 0 Å². The molecule has 1 heterocycles. The minimum absolute atomic E-state index is 0.209. The fourth-order valence-corrected chi connectivity index (χ4v) is 3.32. The van der Waals surface area contributed by atoms with Crippen LogP contribution >= 0.6 is 11.3 Å². The Labute approximate surface area is 137 Å². The van der Waals surface area contributed by atoms with Gasteiger partial charge in [0.2, 0.25) is 0 Å². The van der Waals surface area contributed by atoms with E-state index in [1.165, 1.54) is 23.5 Å². The first-order chi connectivity index (χ1) is 11.1. The largest absolute Gasteiger partial charge is 0.488 e. The molecule has 0 aliphatic heterocycles. The molecule has 1 aliphatic carbocycles. The quantitative estimate of drug-likeness (QED) is 0.774. The van der Waals surface area contributed by atoms with Gasteiger partial charge in [-0.25, -0.2) is 4.39 Å². The lowest BCUT2D eigenvalue weighted by molar-refractivity contribution is -0.0893. The second-order valence-corrected chi connectivity index (χ2v) is 6.60. The van der Waals surface area contributed by atoms with Crippen molar-refractivity contribution in [2.45, 2.75) is 43.7 Å². The third-order valence-corrected chi connectivity index (χ3v) is 4.79. The minimum atomic E-state index is -1.02. The van der Waals surface area contributed by atoms with Crippen LogP contribution in [-0.4, -0.2) is 39.6 Å². The van der Waals surface area contributed by atoms with Crippen molar-refractivity contribution in [1.82, 2.24) is 10.3 Å². The van der Waals surface area contributed by atoms with Gasteiger partial charge in [-0.1, -0.05) is 6.07 Å². The number of thiazole rings is 1. The summed E-state index contributed by atoms with van der Waals surface area (Å²) >= 11 is 1.54. The number of aliphatic hydroxyl groups is 2. The van der Waals surface area contributed by atoms with Gasteiger partial charge in [0.25, 0.3) is 0 Å². The van der Waals surface area contributed by atoms with Gasteiger partial charge in [0.05, 0.1) is 11.6 Å². The molecular weight excluding hydrogens is 319 g/mol. The van der Waals surface area contributed by atoms with Crippen LogP contribution in [0, 0.1) is 5.82 Å². The lowest BCUT2D eigenvalue weighted by Gasteiger charge is -2.37. The second-order valence-electron chi connectivity index (χ2n) is 5.63. The zero-order chi connectivity index (χ0) is 16.2. The van der Waals surface area contributed by atoms with Gasteiger partial charge in [0.15, 0.2) is 0 Å². The molecule has 0 bridgehead atoms. The van der Waals surface area contributed by atoms with Crippen molar-refractivity contribution in [1.29, 1.82) is 0 Å². The number of benzene rings is 1. The van der Waals surface area contributed by atoms with Gasteiger partial charge < -0.3 is 20.3 Å². The Morgan fingerprint density at radius 1 is 1.30 bits per heavy atom. The summed E-state index contributed by atoms with van der Waals surface area (Å²) < 4.78 is 18.8. The summed E-state index contributed by atoms with van der Waals surface area (Å²) in [7, 11) is 0. The van der Waals surface area contributed by atoms with Crippen molar-refractivity contribution >= 4 is 11.3 Å². The summed E-state index contributed by atoms with van der Waals surface area (Å²) in [5.41, 5.74) is 1.76. The third-order valence-electron chi connectivity index (χ3n) is 4.01. The number of aliphatic hydroxyl groups excluding tert-OH is 2. The Hall–Kier alpha value is -1.54. The van der Waals surface area contributed by atoms with Crippen LogP contribution in [-0.2, 0) is 6.54 Å². The molecule has 0 radical (unpaired) electrons. The Kier molecular flexibility index (Phi) is 5.22. The number of ether oxygens (including phenoxy) is 1. The van der Waals surface area contributed by atoms with Gasteiger partial charge in [-0.2, -0.15) is 0 Å². The van der Waals surface area contributed by atoms with Crippen molar-refractivity contribution in [2.75, 3.05) is 0 Å². The molecule has 1 aromatic heterocycles. The van der Waals surface area contributed by atoms with Gasteiger partial charge in [0.1, 0.15) is 23.8 Å². The van der Waals surface area contributed by atoms with E-state index in [1.54, 1.807) is 23.8 Å². The Bertz CT molecular complexity index is 626. The lowest BCUT2D eigenvalue weighted by atomic mass is 9.87. The monoisotopic (exact) mass is 338 g/mol. The fourth-order valence-electron chi connectivity index (χ4n) is 2.77. The van der Waals surface area contributed by atoms with E-state index in [2.05, 4.69) is 10.3 Å². The first-order valence-electron chi connectivity index (χ1n) is 7.52. The zero-order valence-corrected chi connectivity index (χ0v) is 13.2. The average Bonchev–Trinajstić information content (AvgIpc) is 3.05. The van der Waals surface area contributed by atoms with E-state index < -0.39 is 24.1 Å². The Morgan fingerprint density at radius 3 is 2.91 bits per heavy atom. The molecule has 3 rings (SSSR count). The number of hydrogen-bond acceptors (Lipinski definition) is 6. The van der Waals surface area contributed by atoms with E-state index in [4.69, 9.17) is 4.74 Å². The summed E-state index contributed by atoms with van der Waals surface area (Å²) in [5, 5.41) is 23.8. The molecule has 1 saturated carbocycles. The normalized spacial score (nSPS) is 27.8. The maximum atomic E-state index is 13.2. The van der Waals surface area contributed by atoms with Gasteiger partial charge in [-0.05, 0) is 25.0 Å². The predicted molar refractivity (Wildman–Crippen MR) is 84.8 cm³/mol. The zero-order valence-electron chi connectivity index (χ0n) is 12.4. The highest BCUT2D eigenvalue weighted by Gasteiger charge is 2.38. The van der Waals surface area contributed by atoms with Crippen LogP contribution in [0.1, 0.15) is 17.7 Å². The highest BCUT2D eigenvalue weighted by atomic mass is 32.1. The van der Waals surface area contributed by atoms with E-state index in [0.29, 0.717) is 25.1 Å². The lowest BCUT2D eigenvalue weighted by Crippen LogP contribution is -2.55. The molecule has 0 saturated heterocycles. The minimum Gasteiger partial charge on any atom is -0.488 e. The highest BCUT2D eigenvalue weighted by Crippen LogP contribution is 2.25. The summed E-state index contributed by atoms with van der Waals surface area (Å²) in [6, 6.07) is 5.58. The number of nitrogens with one attached hydrogen (secondary N) is 1. The van der Waals surface area contributed by atoms with E-state index in [0.717, 1.165) is 4.88 Å². The molecule has 1 aromatic carbocycles. The molecule has 1 fully saturated rings.